The Morgan fingerprint density at radius 1 is 1.40 bits per heavy atom. The first-order chi connectivity index (χ1) is 7.00. The number of nitrogens with zero attached hydrogens (tertiary/aromatic N) is 3. The van der Waals surface area contributed by atoms with Gasteiger partial charge in [0.15, 0.2) is 0 Å². The van der Waals surface area contributed by atoms with E-state index in [1.54, 1.807) is 25.2 Å². The summed E-state index contributed by atoms with van der Waals surface area (Å²) in [6.07, 6.45) is 1.75. The molecular weight excluding hydrogens is 190 g/mol. The van der Waals surface area contributed by atoms with Crippen LogP contribution in [0.25, 0.3) is 0 Å². The molecule has 0 aliphatic heterocycles. The van der Waals surface area contributed by atoms with Crippen molar-refractivity contribution >= 4 is 11.7 Å². The van der Waals surface area contributed by atoms with Crippen LogP contribution in [0.5, 0.6) is 0 Å². The average molecular weight is 207 g/mol. The van der Waals surface area contributed by atoms with Gasteiger partial charge >= 0.3 is 0 Å². The number of carbonyl (C=O) groups excluding carboxylic acids is 1. The van der Waals surface area contributed by atoms with Crippen molar-refractivity contribution in [3.63, 3.8) is 0 Å². The molecule has 4 heteroatoms. The molecule has 0 saturated carbocycles. The maximum Gasteiger partial charge on any atom is 0.241 e. The molecule has 1 aromatic heterocycles. The predicted molar refractivity (Wildman–Crippen MR) is 60.9 cm³/mol. The summed E-state index contributed by atoms with van der Waals surface area (Å²) in [6, 6.07) is 3.90. The van der Waals surface area contributed by atoms with E-state index in [1.165, 1.54) is 0 Å². The lowest BCUT2D eigenvalue weighted by atomic mass is 10.3. The topological polar surface area (TPSA) is 36.4 Å². The molecule has 0 aliphatic rings. The minimum absolute atomic E-state index is 0.0702. The van der Waals surface area contributed by atoms with Crippen molar-refractivity contribution in [3.05, 3.63) is 23.9 Å². The van der Waals surface area contributed by atoms with Gasteiger partial charge in [-0.2, -0.15) is 0 Å². The van der Waals surface area contributed by atoms with Crippen molar-refractivity contribution in [1.29, 1.82) is 0 Å². The minimum atomic E-state index is 0.0702. The summed E-state index contributed by atoms with van der Waals surface area (Å²) in [5, 5.41) is 0. The number of anilines is 1. The number of amides is 1. The maximum atomic E-state index is 11.5. The molecule has 0 aromatic carbocycles. The highest BCUT2D eigenvalue weighted by Crippen LogP contribution is 2.09. The standard InChI is InChI=1S/C11H17N3O/c1-9-5-6-12-10(7-9)14(4)8-11(15)13(2)3/h5-7H,8H2,1-4H3. The summed E-state index contributed by atoms with van der Waals surface area (Å²) in [7, 11) is 5.36. The van der Waals surface area contributed by atoms with Crippen molar-refractivity contribution in [2.75, 3.05) is 32.6 Å². The van der Waals surface area contributed by atoms with Crippen LogP contribution in [0.3, 0.4) is 0 Å². The lowest BCUT2D eigenvalue weighted by Gasteiger charge is -2.20. The van der Waals surface area contributed by atoms with Crippen molar-refractivity contribution < 1.29 is 4.79 Å². The number of aromatic nitrogens is 1. The molecule has 0 saturated heterocycles. The molecule has 0 radical (unpaired) electrons. The smallest absolute Gasteiger partial charge is 0.241 e. The van der Waals surface area contributed by atoms with Crippen LogP contribution in [0.2, 0.25) is 0 Å². The van der Waals surface area contributed by atoms with Gasteiger partial charge in [0.2, 0.25) is 5.91 Å². The molecule has 4 nitrogen and oxygen atoms in total. The number of aryl methyl sites for hydroxylation is 1. The van der Waals surface area contributed by atoms with Gasteiger partial charge in [-0.15, -0.1) is 0 Å². The number of hydrogen-bond donors (Lipinski definition) is 0. The third-order valence-electron chi connectivity index (χ3n) is 2.16. The fraction of sp³-hybridized carbons (Fsp3) is 0.455. The summed E-state index contributed by atoms with van der Waals surface area (Å²) >= 11 is 0. The molecule has 0 bridgehead atoms. The highest BCUT2D eigenvalue weighted by atomic mass is 16.2. The number of pyridine rings is 1. The molecule has 1 amide bonds. The quantitative estimate of drug-likeness (QED) is 0.739. The lowest BCUT2D eigenvalue weighted by Crippen LogP contribution is -2.34. The Balaban J connectivity index is 2.69. The van der Waals surface area contributed by atoms with Crippen LogP contribution in [-0.2, 0) is 4.79 Å². The predicted octanol–water partition coefficient (Wildman–Crippen LogP) is 0.914. The number of likely N-dealkylation sites (N-methyl/N-ethyl adjacent to an activating group) is 2. The molecule has 0 fully saturated rings. The van der Waals surface area contributed by atoms with Gasteiger partial charge in [-0.05, 0) is 24.6 Å². The van der Waals surface area contributed by atoms with Crippen LogP contribution >= 0.6 is 0 Å². The summed E-state index contributed by atoms with van der Waals surface area (Å²) in [5.41, 5.74) is 1.14. The van der Waals surface area contributed by atoms with Crippen LogP contribution in [0, 0.1) is 6.92 Å². The number of hydrogen-bond acceptors (Lipinski definition) is 3. The molecule has 1 rings (SSSR count). The van der Waals surface area contributed by atoms with E-state index in [0.717, 1.165) is 11.4 Å². The van der Waals surface area contributed by atoms with Crippen LogP contribution < -0.4 is 4.90 Å². The third kappa shape index (κ3) is 3.23. The Kier molecular flexibility index (Phi) is 3.66. The second-order valence-corrected chi connectivity index (χ2v) is 3.84. The van der Waals surface area contributed by atoms with Crippen LogP contribution in [0.1, 0.15) is 5.56 Å². The second kappa shape index (κ2) is 4.77. The first-order valence-electron chi connectivity index (χ1n) is 4.84. The SMILES string of the molecule is Cc1ccnc(N(C)CC(=O)N(C)C)c1. The number of carbonyl (C=O) groups is 1. The van der Waals surface area contributed by atoms with Crippen molar-refractivity contribution in [1.82, 2.24) is 9.88 Å². The van der Waals surface area contributed by atoms with Gasteiger partial charge in [0.1, 0.15) is 5.82 Å². The second-order valence-electron chi connectivity index (χ2n) is 3.84. The summed E-state index contributed by atoms with van der Waals surface area (Å²) in [6.45, 7) is 2.36. The van der Waals surface area contributed by atoms with E-state index in [1.807, 2.05) is 31.0 Å². The van der Waals surface area contributed by atoms with Gasteiger partial charge in [-0.3, -0.25) is 4.79 Å². The van der Waals surface area contributed by atoms with Crippen LogP contribution in [0.4, 0.5) is 5.82 Å². The van der Waals surface area contributed by atoms with E-state index in [2.05, 4.69) is 4.98 Å². The monoisotopic (exact) mass is 207 g/mol. The Bertz CT molecular complexity index is 349. The Morgan fingerprint density at radius 2 is 2.07 bits per heavy atom. The molecule has 15 heavy (non-hydrogen) atoms. The lowest BCUT2D eigenvalue weighted by molar-refractivity contribution is -0.127. The summed E-state index contributed by atoms with van der Waals surface area (Å²) in [5.74, 6) is 0.894. The first kappa shape index (κ1) is 11.5. The van der Waals surface area contributed by atoms with Gasteiger partial charge in [0.05, 0.1) is 6.54 Å². The van der Waals surface area contributed by atoms with Gasteiger partial charge < -0.3 is 9.80 Å². The average Bonchev–Trinajstić information content (AvgIpc) is 2.17. The highest BCUT2D eigenvalue weighted by molar-refractivity contribution is 5.80. The zero-order valence-corrected chi connectivity index (χ0v) is 9.69. The fourth-order valence-corrected chi connectivity index (χ4v) is 1.15. The normalized spacial score (nSPS) is 9.87. The van der Waals surface area contributed by atoms with E-state index in [9.17, 15) is 4.79 Å². The highest BCUT2D eigenvalue weighted by Gasteiger charge is 2.09. The molecular formula is C11H17N3O. The molecule has 0 unspecified atom stereocenters. The zero-order chi connectivity index (χ0) is 11.4. The fourth-order valence-electron chi connectivity index (χ4n) is 1.15. The van der Waals surface area contributed by atoms with E-state index >= 15 is 0 Å². The van der Waals surface area contributed by atoms with Gasteiger partial charge in [0.25, 0.3) is 0 Å². The van der Waals surface area contributed by atoms with E-state index in [4.69, 9.17) is 0 Å². The van der Waals surface area contributed by atoms with Gasteiger partial charge in [0, 0.05) is 27.3 Å². The minimum Gasteiger partial charge on any atom is -0.350 e. The zero-order valence-electron chi connectivity index (χ0n) is 9.69. The molecule has 0 aliphatic carbocycles. The molecule has 0 N–H and O–H groups in total. The number of rotatable bonds is 3. The molecule has 1 heterocycles. The van der Waals surface area contributed by atoms with E-state index in [-0.39, 0.29) is 5.91 Å². The van der Waals surface area contributed by atoms with Crippen molar-refractivity contribution in [3.8, 4) is 0 Å². The molecule has 1 aromatic rings. The summed E-state index contributed by atoms with van der Waals surface area (Å²) < 4.78 is 0. The molecule has 0 atom stereocenters. The van der Waals surface area contributed by atoms with Gasteiger partial charge in [-0.25, -0.2) is 4.98 Å². The van der Waals surface area contributed by atoms with Crippen LogP contribution in [0.15, 0.2) is 18.3 Å². The maximum absolute atomic E-state index is 11.5. The summed E-state index contributed by atoms with van der Waals surface area (Å²) in [4.78, 5) is 19.1. The van der Waals surface area contributed by atoms with Gasteiger partial charge in [-0.1, -0.05) is 0 Å². The van der Waals surface area contributed by atoms with Crippen molar-refractivity contribution in [2.24, 2.45) is 0 Å². The third-order valence-corrected chi connectivity index (χ3v) is 2.16. The Morgan fingerprint density at radius 3 is 2.60 bits per heavy atom. The Labute approximate surface area is 90.5 Å². The Hall–Kier alpha value is -1.58. The van der Waals surface area contributed by atoms with E-state index in [0.29, 0.717) is 6.54 Å². The van der Waals surface area contributed by atoms with Crippen LogP contribution in [-0.4, -0.2) is 43.5 Å². The first-order valence-corrected chi connectivity index (χ1v) is 4.84. The largest absolute Gasteiger partial charge is 0.350 e. The molecule has 82 valence electrons. The molecule has 0 spiro atoms. The van der Waals surface area contributed by atoms with E-state index < -0.39 is 0 Å². The van der Waals surface area contributed by atoms with Crippen molar-refractivity contribution in [2.45, 2.75) is 6.92 Å².